The molecule has 0 fully saturated rings. The fourth-order valence-electron chi connectivity index (χ4n) is 2.29. The van der Waals surface area contributed by atoms with E-state index < -0.39 is 6.10 Å². The maximum absolute atomic E-state index is 10.4. The largest absolute Gasteiger partial charge is 0.481 e. The molecule has 5 heteroatoms. The van der Waals surface area contributed by atoms with Crippen LogP contribution in [0.4, 0.5) is 0 Å². The van der Waals surface area contributed by atoms with E-state index in [0.717, 1.165) is 16.5 Å². The number of ether oxygens (including phenoxy) is 1. The van der Waals surface area contributed by atoms with E-state index in [0.29, 0.717) is 18.0 Å². The molecule has 0 aliphatic rings. The van der Waals surface area contributed by atoms with Gasteiger partial charge in [-0.05, 0) is 17.7 Å². The van der Waals surface area contributed by atoms with Gasteiger partial charge in [-0.15, -0.1) is 0 Å². The van der Waals surface area contributed by atoms with Gasteiger partial charge in [-0.2, -0.15) is 0 Å². The zero-order valence-electron chi connectivity index (χ0n) is 11.6. The molecule has 1 atom stereocenters. The van der Waals surface area contributed by atoms with Crippen molar-refractivity contribution in [3.8, 4) is 5.88 Å². The molecule has 0 aliphatic heterocycles. The zero-order chi connectivity index (χ0) is 14.7. The van der Waals surface area contributed by atoms with Crippen LogP contribution in [0.5, 0.6) is 5.88 Å². The summed E-state index contributed by atoms with van der Waals surface area (Å²) in [6.07, 6.45) is 2.89. The Balaban J connectivity index is 1.90. The van der Waals surface area contributed by atoms with Gasteiger partial charge in [0.15, 0.2) is 0 Å². The van der Waals surface area contributed by atoms with E-state index in [1.807, 2.05) is 30.3 Å². The van der Waals surface area contributed by atoms with Gasteiger partial charge in [-0.25, -0.2) is 9.97 Å². The number of pyridine rings is 1. The van der Waals surface area contributed by atoms with E-state index in [1.165, 1.54) is 13.4 Å². The fourth-order valence-corrected chi connectivity index (χ4v) is 2.29. The first-order valence-corrected chi connectivity index (χ1v) is 6.64. The van der Waals surface area contributed by atoms with Gasteiger partial charge >= 0.3 is 0 Å². The summed E-state index contributed by atoms with van der Waals surface area (Å²) in [6.45, 7) is 0. The van der Waals surface area contributed by atoms with Gasteiger partial charge in [0.1, 0.15) is 12.4 Å². The molecule has 1 unspecified atom stereocenters. The van der Waals surface area contributed by atoms with Gasteiger partial charge in [0.25, 0.3) is 0 Å². The van der Waals surface area contributed by atoms with Crippen molar-refractivity contribution >= 4 is 10.9 Å². The second-order valence-corrected chi connectivity index (χ2v) is 4.69. The molecule has 0 spiro atoms. The predicted molar refractivity (Wildman–Crippen MR) is 79.0 cm³/mol. The van der Waals surface area contributed by atoms with Crippen molar-refractivity contribution in [3.63, 3.8) is 0 Å². The summed E-state index contributed by atoms with van der Waals surface area (Å²) in [5, 5.41) is 11.4. The number of benzene rings is 1. The standard InChI is InChI=1S/C16H15N3O2/c1-21-16-9-14(18-10-19-16)15(20)8-11-6-7-17-13-5-3-2-4-12(11)13/h2-7,9-10,15,20H,8H2,1H3. The van der Waals surface area contributed by atoms with Gasteiger partial charge in [-0.1, -0.05) is 18.2 Å². The summed E-state index contributed by atoms with van der Waals surface area (Å²) in [6, 6.07) is 11.4. The molecule has 106 valence electrons. The van der Waals surface area contributed by atoms with E-state index in [9.17, 15) is 5.11 Å². The number of hydrogen-bond donors (Lipinski definition) is 1. The number of aromatic nitrogens is 3. The first-order chi connectivity index (χ1) is 10.3. The Morgan fingerprint density at radius 3 is 2.86 bits per heavy atom. The average Bonchev–Trinajstić information content (AvgIpc) is 2.55. The van der Waals surface area contributed by atoms with Crippen LogP contribution in [0, 0.1) is 0 Å². The van der Waals surface area contributed by atoms with E-state index in [4.69, 9.17) is 4.74 Å². The summed E-state index contributed by atoms with van der Waals surface area (Å²) >= 11 is 0. The molecule has 0 aliphatic carbocycles. The summed E-state index contributed by atoms with van der Waals surface area (Å²) in [5.41, 5.74) is 2.50. The topological polar surface area (TPSA) is 68.1 Å². The summed E-state index contributed by atoms with van der Waals surface area (Å²) < 4.78 is 5.05. The summed E-state index contributed by atoms with van der Waals surface area (Å²) in [5.74, 6) is 0.443. The monoisotopic (exact) mass is 281 g/mol. The normalized spacial score (nSPS) is 12.3. The molecule has 5 nitrogen and oxygen atoms in total. The zero-order valence-corrected chi connectivity index (χ0v) is 11.6. The van der Waals surface area contributed by atoms with Crippen LogP contribution in [0.1, 0.15) is 17.4 Å². The number of para-hydroxylation sites is 1. The van der Waals surface area contributed by atoms with Crippen LogP contribution in [-0.2, 0) is 6.42 Å². The smallest absolute Gasteiger partial charge is 0.216 e. The highest BCUT2D eigenvalue weighted by atomic mass is 16.5. The predicted octanol–water partition coefficient (Wildman–Crippen LogP) is 2.31. The lowest BCUT2D eigenvalue weighted by atomic mass is 10.0. The molecule has 3 rings (SSSR count). The summed E-state index contributed by atoms with van der Waals surface area (Å²) in [4.78, 5) is 12.4. The Labute approximate surface area is 122 Å². The van der Waals surface area contributed by atoms with Crippen LogP contribution in [0.2, 0.25) is 0 Å². The Bertz CT molecular complexity index is 756. The number of fused-ring (bicyclic) bond motifs is 1. The van der Waals surface area contributed by atoms with E-state index in [-0.39, 0.29) is 0 Å². The van der Waals surface area contributed by atoms with Crippen molar-refractivity contribution in [2.45, 2.75) is 12.5 Å². The molecule has 1 aromatic carbocycles. The fraction of sp³-hybridized carbons (Fsp3) is 0.188. The van der Waals surface area contributed by atoms with Crippen molar-refractivity contribution in [2.75, 3.05) is 7.11 Å². The molecule has 0 amide bonds. The maximum atomic E-state index is 10.4. The molecule has 2 aromatic heterocycles. The van der Waals surface area contributed by atoms with E-state index >= 15 is 0 Å². The van der Waals surface area contributed by atoms with Gasteiger partial charge in [0.2, 0.25) is 5.88 Å². The molecule has 2 heterocycles. The highest BCUT2D eigenvalue weighted by Gasteiger charge is 2.13. The van der Waals surface area contributed by atoms with Crippen molar-refractivity contribution in [1.82, 2.24) is 15.0 Å². The average molecular weight is 281 g/mol. The third kappa shape index (κ3) is 2.83. The van der Waals surface area contributed by atoms with E-state index in [1.54, 1.807) is 12.3 Å². The van der Waals surface area contributed by atoms with Crippen LogP contribution in [0.15, 0.2) is 48.9 Å². The molecule has 21 heavy (non-hydrogen) atoms. The second-order valence-electron chi connectivity index (χ2n) is 4.69. The molecular weight excluding hydrogens is 266 g/mol. The van der Waals surface area contributed by atoms with Crippen molar-refractivity contribution in [3.05, 3.63) is 60.2 Å². The van der Waals surface area contributed by atoms with Crippen molar-refractivity contribution in [1.29, 1.82) is 0 Å². The van der Waals surface area contributed by atoms with Gasteiger partial charge in [-0.3, -0.25) is 4.98 Å². The minimum absolute atomic E-state index is 0.443. The molecule has 1 N–H and O–H groups in total. The van der Waals surface area contributed by atoms with E-state index in [2.05, 4.69) is 15.0 Å². The second kappa shape index (κ2) is 5.85. The van der Waals surface area contributed by atoms with Crippen LogP contribution in [0.3, 0.4) is 0 Å². The molecule has 0 saturated heterocycles. The quantitative estimate of drug-likeness (QED) is 0.794. The van der Waals surface area contributed by atoms with Crippen molar-refractivity contribution in [2.24, 2.45) is 0 Å². The number of aliphatic hydroxyl groups is 1. The maximum Gasteiger partial charge on any atom is 0.216 e. The number of nitrogens with zero attached hydrogens (tertiary/aromatic N) is 3. The minimum Gasteiger partial charge on any atom is -0.481 e. The third-order valence-corrected chi connectivity index (χ3v) is 3.37. The number of aliphatic hydroxyl groups excluding tert-OH is 1. The lowest BCUT2D eigenvalue weighted by Gasteiger charge is -2.12. The lowest BCUT2D eigenvalue weighted by Crippen LogP contribution is -2.06. The number of hydrogen-bond acceptors (Lipinski definition) is 5. The molecule has 0 saturated carbocycles. The van der Waals surface area contributed by atoms with Crippen LogP contribution in [-0.4, -0.2) is 27.2 Å². The highest BCUT2D eigenvalue weighted by molar-refractivity contribution is 5.81. The number of rotatable bonds is 4. The molecule has 0 bridgehead atoms. The summed E-state index contributed by atoms with van der Waals surface area (Å²) in [7, 11) is 1.54. The molecule has 3 aromatic rings. The first kappa shape index (κ1) is 13.5. The Hall–Kier alpha value is -2.53. The van der Waals surface area contributed by atoms with Gasteiger partial charge in [0, 0.05) is 24.1 Å². The van der Waals surface area contributed by atoms with Crippen molar-refractivity contribution < 1.29 is 9.84 Å². The van der Waals surface area contributed by atoms with Gasteiger partial charge in [0.05, 0.1) is 18.3 Å². The van der Waals surface area contributed by atoms with Crippen LogP contribution < -0.4 is 4.74 Å². The third-order valence-electron chi connectivity index (χ3n) is 3.37. The Morgan fingerprint density at radius 2 is 2.00 bits per heavy atom. The lowest BCUT2D eigenvalue weighted by molar-refractivity contribution is 0.173. The SMILES string of the molecule is COc1cc(C(O)Cc2ccnc3ccccc23)ncn1. The van der Waals surface area contributed by atoms with Crippen LogP contribution >= 0.6 is 0 Å². The molecular formula is C16H15N3O2. The first-order valence-electron chi connectivity index (χ1n) is 6.64. The Kier molecular flexibility index (Phi) is 3.75. The Morgan fingerprint density at radius 1 is 1.14 bits per heavy atom. The highest BCUT2D eigenvalue weighted by Crippen LogP contribution is 2.23. The number of methoxy groups -OCH3 is 1. The van der Waals surface area contributed by atoms with Gasteiger partial charge < -0.3 is 9.84 Å². The minimum atomic E-state index is -0.715. The molecule has 0 radical (unpaired) electrons. The van der Waals surface area contributed by atoms with Crippen LogP contribution in [0.25, 0.3) is 10.9 Å².